The molecule has 3 rings (SSSR count). The number of carbonyl (C=O) groups is 1. The normalized spacial score (nSPS) is 15.4. The molecule has 2 aromatic rings. The molecule has 0 atom stereocenters. The number of amides is 1. The highest BCUT2D eigenvalue weighted by atomic mass is 16.6. The van der Waals surface area contributed by atoms with E-state index >= 15 is 0 Å². The molecule has 1 aliphatic heterocycles. The van der Waals surface area contributed by atoms with Crippen molar-refractivity contribution in [2.24, 2.45) is 0 Å². The Bertz CT molecular complexity index is 613. The molecule has 1 fully saturated rings. The van der Waals surface area contributed by atoms with Crippen LogP contribution >= 0.6 is 0 Å². The van der Waals surface area contributed by atoms with Gasteiger partial charge in [-0.25, -0.2) is 14.8 Å². The summed E-state index contributed by atoms with van der Waals surface area (Å²) in [6, 6.07) is 11.5. The first-order valence-corrected chi connectivity index (χ1v) is 7.75. The highest BCUT2D eigenvalue weighted by Gasteiger charge is 2.22. The van der Waals surface area contributed by atoms with Crippen molar-refractivity contribution in [2.45, 2.75) is 13.2 Å². The van der Waals surface area contributed by atoms with Gasteiger partial charge in [-0.2, -0.15) is 0 Å². The van der Waals surface area contributed by atoms with Crippen molar-refractivity contribution in [1.29, 1.82) is 0 Å². The topological polar surface area (TPSA) is 58.6 Å². The standard InChI is InChI=1S/C17H20N4O2/c22-17(23-14-15-5-2-1-3-6-15)21-11-9-20(10-12-21)13-16-18-7-4-8-19-16/h1-8H,9-14H2. The number of nitrogens with zero attached hydrogens (tertiary/aromatic N) is 4. The minimum Gasteiger partial charge on any atom is -0.445 e. The van der Waals surface area contributed by atoms with Gasteiger partial charge < -0.3 is 9.64 Å². The van der Waals surface area contributed by atoms with E-state index in [1.165, 1.54) is 0 Å². The molecule has 1 saturated heterocycles. The molecule has 0 saturated carbocycles. The van der Waals surface area contributed by atoms with Gasteiger partial charge in [0.05, 0.1) is 6.54 Å². The number of aromatic nitrogens is 2. The lowest BCUT2D eigenvalue weighted by Crippen LogP contribution is -2.48. The van der Waals surface area contributed by atoms with Crippen molar-refractivity contribution >= 4 is 6.09 Å². The number of piperazine rings is 1. The monoisotopic (exact) mass is 312 g/mol. The smallest absolute Gasteiger partial charge is 0.410 e. The molecule has 1 aromatic carbocycles. The third-order valence-electron chi connectivity index (χ3n) is 3.82. The van der Waals surface area contributed by atoms with Crippen LogP contribution in [0.2, 0.25) is 0 Å². The Morgan fingerprint density at radius 1 is 1.00 bits per heavy atom. The molecule has 120 valence electrons. The first kappa shape index (κ1) is 15.4. The van der Waals surface area contributed by atoms with E-state index in [4.69, 9.17) is 4.74 Å². The summed E-state index contributed by atoms with van der Waals surface area (Å²) in [5, 5.41) is 0. The highest BCUT2D eigenvalue weighted by Crippen LogP contribution is 2.08. The van der Waals surface area contributed by atoms with E-state index in [1.54, 1.807) is 17.3 Å². The van der Waals surface area contributed by atoms with Gasteiger partial charge in [0.25, 0.3) is 0 Å². The SMILES string of the molecule is O=C(OCc1ccccc1)N1CCN(Cc2ncccn2)CC1. The fraction of sp³-hybridized carbons (Fsp3) is 0.353. The molecule has 1 aromatic heterocycles. The number of carbonyl (C=O) groups excluding carboxylic acids is 1. The maximum atomic E-state index is 12.1. The van der Waals surface area contributed by atoms with Gasteiger partial charge >= 0.3 is 6.09 Å². The number of hydrogen-bond donors (Lipinski definition) is 0. The van der Waals surface area contributed by atoms with Gasteiger partial charge in [-0.1, -0.05) is 30.3 Å². The number of hydrogen-bond acceptors (Lipinski definition) is 5. The Morgan fingerprint density at radius 2 is 1.70 bits per heavy atom. The first-order valence-electron chi connectivity index (χ1n) is 7.75. The lowest BCUT2D eigenvalue weighted by atomic mass is 10.2. The number of ether oxygens (including phenoxy) is 1. The quantitative estimate of drug-likeness (QED) is 0.863. The third-order valence-corrected chi connectivity index (χ3v) is 3.82. The minimum atomic E-state index is -0.246. The van der Waals surface area contributed by atoms with Crippen molar-refractivity contribution in [3.05, 3.63) is 60.2 Å². The van der Waals surface area contributed by atoms with Gasteiger partial charge in [0.1, 0.15) is 12.4 Å². The Kier molecular flexibility index (Phi) is 5.16. The van der Waals surface area contributed by atoms with Gasteiger partial charge in [-0.15, -0.1) is 0 Å². The van der Waals surface area contributed by atoms with Crippen LogP contribution in [0.15, 0.2) is 48.8 Å². The Balaban J connectivity index is 1.42. The number of rotatable bonds is 4. The third kappa shape index (κ3) is 4.50. The van der Waals surface area contributed by atoms with Crippen LogP contribution in [-0.2, 0) is 17.9 Å². The molecule has 23 heavy (non-hydrogen) atoms. The maximum Gasteiger partial charge on any atom is 0.410 e. The van der Waals surface area contributed by atoms with Crippen molar-refractivity contribution < 1.29 is 9.53 Å². The molecule has 1 aliphatic rings. The Hall–Kier alpha value is -2.47. The minimum absolute atomic E-state index is 0.246. The summed E-state index contributed by atoms with van der Waals surface area (Å²) >= 11 is 0. The van der Waals surface area contributed by atoms with E-state index in [9.17, 15) is 4.79 Å². The zero-order valence-corrected chi connectivity index (χ0v) is 13.0. The van der Waals surface area contributed by atoms with Crippen LogP contribution in [0.5, 0.6) is 0 Å². The van der Waals surface area contributed by atoms with Gasteiger partial charge in [0, 0.05) is 38.6 Å². The van der Waals surface area contributed by atoms with Crippen LogP contribution in [0.4, 0.5) is 4.79 Å². The maximum absolute atomic E-state index is 12.1. The van der Waals surface area contributed by atoms with Crippen molar-refractivity contribution in [3.63, 3.8) is 0 Å². The van der Waals surface area contributed by atoms with Crippen LogP contribution in [0.1, 0.15) is 11.4 Å². The summed E-state index contributed by atoms with van der Waals surface area (Å²) < 4.78 is 5.36. The van der Waals surface area contributed by atoms with E-state index < -0.39 is 0 Å². The summed E-state index contributed by atoms with van der Waals surface area (Å²) in [7, 11) is 0. The summed E-state index contributed by atoms with van der Waals surface area (Å²) in [4.78, 5) is 24.6. The zero-order chi connectivity index (χ0) is 15.9. The number of benzene rings is 1. The fourth-order valence-corrected chi connectivity index (χ4v) is 2.51. The summed E-state index contributed by atoms with van der Waals surface area (Å²) in [5.41, 5.74) is 1.00. The first-order chi connectivity index (χ1) is 11.3. The molecule has 1 amide bonds. The molecular weight excluding hydrogens is 292 g/mol. The van der Waals surface area contributed by atoms with Gasteiger partial charge in [-0.3, -0.25) is 4.90 Å². The van der Waals surface area contributed by atoms with Crippen molar-refractivity contribution in [3.8, 4) is 0 Å². The van der Waals surface area contributed by atoms with E-state index in [1.807, 2.05) is 36.4 Å². The van der Waals surface area contributed by atoms with E-state index in [-0.39, 0.29) is 6.09 Å². The molecule has 0 unspecified atom stereocenters. The van der Waals surface area contributed by atoms with Gasteiger partial charge in [-0.05, 0) is 11.6 Å². The molecule has 0 spiro atoms. The Labute approximate surface area is 135 Å². The van der Waals surface area contributed by atoms with Crippen LogP contribution in [0, 0.1) is 0 Å². The second-order valence-corrected chi connectivity index (χ2v) is 5.47. The fourth-order valence-electron chi connectivity index (χ4n) is 2.51. The largest absolute Gasteiger partial charge is 0.445 e. The average Bonchev–Trinajstić information content (AvgIpc) is 2.62. The summed E-state index contributed by atoms with van der Waals surface area (Å²) in [6.45, 7) is 3.98. The van der Waals surface area contributed by atoms with Gasteiger partial charge in [0.15, 0.2) is 0 Å². The van der Waals surface area contributed by atoms with Crippen LogP contribution < -0.4 is 0 Å². The van der Waals surface area contributed by atoms with Crippen molar-refractivity contribution in [1.82, 2.24) is 19.8 Å². The van der Waals surface area contributed by atoms with Crippen molar-refractivity contribution in [2.75, 3.05) is 26.2 Å². The van der Waals surface area contributed by atoms with E-state index in [0.717, 1.165) is 24.5 Å². The average molecular weight is 312 g/mol. The van der Waals surface area contributed by atoms with Crippen LogP contribution in [0.25, 0.3) is 0 Å². The Morgan fingerprint density at radius 3 is 2.39 bits per heavy atom. The van der Waals surface area contributed by atoms with Crippen LogP contribution in [0.3, 0.4) is 0 Å². The molecule has 0 N–H and O–H groups in total. The second kappa shape index (κ2) is 7.69. The van der Waals surface area contributed by atoms with Gasteiger partial charge in [0.2, 0.25) is 0 Å². The molecule has 2 heterocycles. The van der Waals surface area contributed by atoms with E-state index in [0.29, 0.717) is 26.2 Å². The predicted octanol–water partition coefficient (Wildman–Crippen LogP) is 1.93. The highest BCUT2D eigenvalue weighted by molar-refractivity contribution is 5.67. The summed E-state index contributed by atoms with van der Waals surface area (Å²) in [6.07, 6.45) is 3.25. The summed E-state index contributed by atoms with van der Waals surface area (Å²) in [5.74, 6) is 0.813. The molecule has 6 heteroatoms. The molecule has 0 aliphatic carbocycles. The second-order valence-electron chi connectivity index (χ2n) is 5.47. The van der Waals surface area contributed by atoms with E-state index in [2.05, 4.69) is 14.9 Å². The zero-order valence-electron chi connectivity index (χ0n) is 13.0. The molecule has 0 radical (unpaired) electrons. The predicted molar refractivity (Wildman–Crippen MR) is 85.5 cm³/mol. The lowest BCUT2D eigenvalue weighted by molar-refractivity contribution is 0.0695. The van der Waals surface area contributed by atoms with Crippen LogP contribution in [-0.4, -0.2) is 52.0 Å². The molecule has 0 bridgehead atoms. The molecule has 6 nitrogen and oxygen atoms in total. The molecular formula is C17H20N4O2. The lowest BCUT2D eigenvalue weighted by Gasteiger charge is -2.33.